The molecular formula is C16H19N3O2. The van der Waals surface area contributed by atoms with E-state index in [4.69, 9.17) is 4.74 Å². The van der Waals surface area contributed by atoms with Gasteiger partial charge in [0.05, 0.1) is 12.9 Å². The van der Waals surface area contributed by atoms with Gasteiger partial charge in [0.1, 0.15) is 5.75 Å². The summed E-state index contributed by atoms with van der Waals surface area (Å²) in [5.41, 5.74) is 1.86. The van der Waals surface area contributed by atoms with Crippen LogP contribution in [-0.4, -0.2) is 40.6 Å². The average molecular weight is 285 g/mol. The Morgan fingerprint density at radius 3 is 3.19 bits per heavy atom. The minimum atomic E-state index is 0.0449. The predicted molar refractivity (Wildman–Crippen MR) is 79.4 cm³/mol. The molecule has 2 aromatic rings. The minimum Gasteiger partial charge on any atom is -0.493 e. The summed E-state index contributed by atoms with van der Waals surface area (Å²) in [5, 5.41) is 0. The van der Waals surface area contributed by atoms with Gasteiger partial charge in [0.25, 0.3) is 5.91 Å². The zero-order chi connectivity index (χ0) is 14.7. The first-order valence-corrected chi connectivity index (χ1v) is 7.21. The molecule has 0 bridgehead atoms. The van der Waals surface area contributed by atoms with Crippen molar-refractivity contribution in [2.45, 2.75) is 19.4 Å². The highest BCUT2D eigenvalue weighted by molar-refractivity contribution is 5.94. The molecule has 5 nitrogen and oxygen atoms in total. The second-order valence-electron chi connectivity index (χ2n) is 5.30. The fraction of sp³-hybridized carbons (Fsp3) is 0.375. The number of rotatable bonds is 4. The van der Waals surface area contributed by atoms with Gasteiger partial charge in [0.2, 0.25) is 0 Å². The lowest BCUT2D eigenvalue weighted by Gasteiger charge is -2.20. The van der Waals surface area contributed by atoms with Crippen molar-refractivity contribution in [2.24, 2.45) is 0 Å². The molecule has 1 aliphatic heterocycles. The maximum atomic E-state index is 12.5. The van der Waals surface area contributed by atoms with Crippen LogP contribution in [0.5, 0.6) is 5.75 Å². The SMILES string of the molecule is CN(CCn1ccnc1)C(=O)c1ccc2c(c1)CCCO2. The van der Waals surface area contributed by atoms with Gasteiger partial charge < -0.3 is 14.2 Å². The molecule has 5 heteroatoms. The van der Waals surface area contributed by atoms with Crippen molar-refractivity contribution in [3.63, 3.8) is 0 Å². The number of ether oxygens (including phenoxy) is 1. The highest BCUT2D eigenvalue weighted by atomic mass is 16.5. The Morgan fingerprint density at radius 2 is 2.38 bits per heavy atom. The standard InChI is InChI=1S/C16H19N3O2/c1-18(8-9-19-7-6-17-12-19)16(20)14-4-5-15-13(11-14)3-2-10-21-15/h4-7,11-12H,2-3,8-10H2,1H3. The molecule has 0 saturated carbocycles. The van der Waals surface area contributed by atoms with Crippen LogP contribution in [0.4, 0.5) is 0 Å². The molecule has 110 valence electrons. The van der Waals surface area contributed by atoms with Crippen LogP contribution in [0, 0.1) is 0 Å². The van der Waals surface area contributed by atoms with E-state index in [2.05, 4.69) is 4.98 Å². The van der Waals surface area contributed by atoms with E-state index in [1.54, 1.807) is 17.4 Å². The van der Waals surface area contributed by atoms with Gasteiger partial charge in [0, 0.05) is 38.1 Å². The Kier molecular flexibility index (Phi) is 3.90. The quantitative estimate of drug-likeness (QED) is 0.863. The van der Waals surface area contributed by atoms with Crippen LogP contribution in [-0.2, 0) is 13.0 Å². The topological polar surface area (TPSA) is 47.4 Å². The molecule has 0 N–H and O–H groups in total. The number of aromatic nitrogens is 2. The molecule has 3 rings (SSSR count). The van der Waals surface area contributed by atoms with E-state index < -0.39 is 0 Å². The zero-order valence-corrected chi connectivity index (χ0v) is 12.2. The second-order valence-corrected chi connectivity index (χ2v) is 5.30. The Hall–Kier alpha value is -2.30. The lowest BCUT2D eigenvalue weighted by molar-refractivity contribution is 0.0790. The Morgan fingerprint density at radius 1 is 1.48 bits per heavy atom. The molecule has 1 aromatic carbocycles. The van der Waals surface area contributed by atoms with Gasteiger partial charge in [-0.3, -0.25) is 4.79 Å². The third-order valence-corrected chi connectivity index (χ3v) is 3.75. The number of imidazole rings is 1. The lowest BCUT2D eigenvalue weighted by atomic mass is 10.0. The van der Waals surface area contributed by atoms with Gasteiger partial charge in [-0.05, 0) is 36.6 Å². The maximum Gasteiger partial charge on any atom is 0.253 e. The molecule has 21 heavy (non-hydrogen) atoms. The number of carbonyl (C=O) groups excluding carboxylic acids is 1. The van der Waals surface area contributed by atoms with Crippen molar-refractivity contribution in [1.82, 2.24) is 14.5 Å². The third-order valence-electron chi connectivity index (χ3n) is 3.75. The van der Waals surface area contributed by atoms with Crippen molar-refractivity contribution < 1.29 is 9.53 Å². The van der Waals surface area contributed by atoms with E-state index in [9.17, 15) is 4.79 Å². The maximum absolute atomic E-state index is 12.5. The van der Waals surface area contributed by atoms with E-state index >= 15 is 0 Å². The summed E-state index contributed by atoms with van der Waals surface area (Å²) in [4.78, 5) is 18.2. The van der Waals surface area contributed by atoms with Gasteiger partial charge in [-0.25, -0.2) is 4.98 Å². The molecule has 0 fully saturated rings. The van der Waals surface area contributed by atoms with Crippen LogP contribution < -0.4 is 4.74 Å². The number of benzene rings is 1. The van der Waals surface area contributed by atoms with Crippen molar-refractivity contribution in [1.29, 1.82) is 0 Å². The number of aryl methyl sites for hydroxylation is 1. The van der Waals surface area contributed by atoms with E-state index in [1.807, 2.05) is 36.0 Å². The summed E-state index contributed by atoms with van der Waals surface area (Å²) in [7, 11) is 1.83. The van der Waals surface area contributed by atoms with Crippen molar-refractivity contribution in [2.75, 3.05) is 20.2 Å². The van der Waals surface area contributed by atoms with Crippen LogP contribution in [0.1, 0.15) is 22.3 Å². The highest BCUT2D eigenvalue weighted by Gasteiger charge is 2.16. The van der Waals surface area contributed by atoms with Crippen LogP contribution >= 0.6 is 0 Å². The predicted octanol–water partition coefficient (Wildman–Crippen LogP) is 1.98. The van der Waals surface area contributed by atoms with Crippen LogP contribution in [0.2, 0.25) is 0 Å². The summed E-state index contributed by atoms with van der Waals surface area (Å²) in [6.45, 7) is 2.17. The monoisotopic (exact) mass is 285 g/mol. The number of hydrogen-bond acceptors (Lipinski definition) is 3. The molecule has 1 aliphatic rings. The molecule has 1 amide bonds. The molecule has 0 radical (unpaired) electrons. The fourth-order valence-electron chi connectivity index (χ4n) is 2.50. The summed E-state index contributed by atoms with van der Waals surface area (Å²) in [6, 6.07) is 5.72. The Bertz CT molecular complexity index is 622. The largest absolute Gasteiger partial charge is 0.493 e. The summed E-state index contributed by atoms with van der Waals surface area (Å²) >= 11 is 0. The van der Waals surface area contributed by atoms with Gasteiger partial charge in [-0.2, -0.15) is 0 Å². The van der Waals surface area contributed by atoms with Gasteiger partial charge in [0.15, 0.2) is 0 Å². The first-order valence-electron chi connectivity index (χ1n) is 7.21. The number of fused-ring (bicyclic) bond motifs is 1. The molecule has 0 unspecified atom stereocenters. The molecule has 0 saturated heterocycles. The first-order chi connectivity index (χ1) is 10.2. The van der Waals surface area contributed by atoms with Crippen molar-refractivity contribution >= 4 is 5.91 Å². The highest BCUT2D eigenvalue weighted by Crippen LogP contribution is 2.25. The normalized spacial score (nSPS) is 13.4. The van der Waals surface area contributed by atoms with Crippen molar-refractivity contribution in [3.05, 3.63) is 48.0 Å². The Labute approximate surface area is 124 Å². The van der Waals surface area contributed by atoms with Crippen molar-refractivity contribution in [3.8, 4) is 5.75 Å². The summed E-state index contributed by atoms with van der Waals surface area (Å²) < 4.78 is 7.54. The summed E-state index contributed by atoms with van der Waals surface area (Å²) in [5.74, 6) is 0.961. The molecule has 1 aromatic heterocycles. The van der Waals surface area contributed by atoms with Gasteiger partial charge in [-0.1, -0.05) is 0 Å². The average Bonchev–Trinajstić information content (AvgIpc) is 3.05. The van der Waals surface area contributed by atoms with Gasteiger partial charge >= 0.3 is 0 Å². The van der Waals surface area contributed by atoms with E-state index in [1.165, 1.54) is 0 Å². The van der Waals surface area contributed by atoms with E-state index in [-0.39, 0.29) is 5.91 Å². The van der Waals surface area contributed by atoms with Crippen LogP contribution in [0.25, 0.3) is 0 Å². The number of nitrogens with zero attached hydrogens (tertiary/aromatic N) is 3. The lowest BCUT2D eigenvalue weighted by Crippen LogP contribution is -2.30. The van der Waals surface area contributed by atoms with Crippen LogP contribution in [0.15, 0.2) is 36.9 Å². The third kappa shape index (κ3) is 3.07. The number of carbonyl (C=O) groups is 1. The Balaban J connectivity index is 1.66. The van der Waals surface area contributed by atoms with E-state index in [0.29, 0.717) is 6.54 Å². The van der Waals surface area contributed by atoms with Crippen LogP contribution in [0.3, 0.4) is 0 Å². The summed E-state index contributed by atoms with van der Waals surface area (Å²) in [6.07, 6.45) is 7.39. The molecule has 0 spiro atoms. The molecule has 0 aliphatic carbocycles. The van der Waals surface area contributed by atoms with Gasteiger partial charge in [-0.15, -0.1) is 0 Å². The second kappa shape index (κ2) is 5.99. The molecular weight excluding hydrogens is 266 g/mol. The molecule has 2 heterocycles. The zero-order valence-electron chi connectivity index (χ0n) is 12.2. The number of likely N-dealkylation sites (N-methyl/N-ethyl adjacent to an activating group) is 1. The number of hydrogen-bond donors (Lipinski definition) is 0. The fourth-order valence-corrected chi connectivity index (χ4v) is 2.50. The van der Waals surface area contributed by atoms with E-state index in [0.717, 1.165) is 42.9 Å². The number of amides is 1. The smallest absolute Gasteiger partial charge is 0.253 e. The first kappa shape index (κ1) is 13.7. The molecule has 0 atom stereocenters. The minimum absolute atomic E-state index is 0.0449.